The van der Waals surface area contributed by atoms with Crippen molar-refractivity contribution in [3.8, 4) is 33.6 Å². The maximum atomic E-state index is 14.5. The van der Waals surface area contributed by atoms with E-state index in [2.05, 4.69) is 57.0 Å². The molecule has 2 fully saturated rings. The summed E-state index contributed by atoms with van der Waals surface area (Å²) in [6.45, 7) is 10.6. The molecule has 0 unspecified atom stereocenters. The molecule has 15 nitrogen and oxygen atoms in total. The monoisotopic (exact) mass is 904 g/mol. The minimum absolute atomic E-state index is 0.0726. The molecule has 2 saturated heterocycles. The number of aromatic amines is 2. The Labute approximate surface area is 384 Å². The van der Waals surface area contributed by atoms with E-state index in [1.807, 2.05) is 67.5 Å². The SMILES string of the molecule is COC[C@H]1C[C@@H](c2ncc(-c3ccc(-c4ccc(-c5cnc([C@@H]6C[C@H](SC)CN6C(=O)[C@@H](NC(=O)OC)C(C)C)[nH]5)cc4)cc3)[nH]2)N(C(=O)[C@H](NC(=O)OC(C)(C)C)c2ccccc2)C1. The Balaban J connectivity index is 1.05. The molecule has 5 aromatic rings. The van der Waals surface area contributed by atoms with E-state index in [0.717, 1.165) is 40.1 Å². The van der Waals surface area contributed by atoms with E-state index in [1.165, 1.54) is 7.11 Å². The molecule has 4 amide bonds. The molecule has 7 rings (SSSR count). The van der Waals surface area contributed by atoms with Crippen LogP contribution >= 0.6 is 11.8 Å². The lowest BCUT2D eigenvalue weighted by molar-refractivity contribution is -0.136. The summed E-state index contributed by atoms with van der Waals surface area (Å²) < 4.78 is 15.9. The Kier molecular flexibility index (Phi) is 14.7. The van der Waals surface area contributed by atoms with Crippen LogP contribution in [0.4, 0.5) is 9.59 Å². The van der Waals surface area contributed by atoms with Crippen molar-refractivity contribution in [2.75, 3.05) is 40.2 Å². The van der Waals surface area contributed by atoms with Crippen LogP contribution in [0.5, 0.6) is 0 Å². The number of carbonyl (C=O) groups is 4. The lowest BCUT2D eigenvalue weighted by Gasteiger charge is -2.30. The number of imidazole rings is 2. The summed E-state index contributed by atoms with van der Waals surface area (Å²) >= 11 is 1.72. The highest BCUT2D eigenvalue weighted by atomic mass is 32.2. The summed E-state index contributed by atoms with van der Waals surface area (Å²) in [5, 5.41) is 5.79. The summed E-state index contributed by atoms with van der Waals surface area (Å²) in [7, 11) is 2.95. The van der Waals surface area contributed by atoms with Gasteiger partial charge in [-0.1, -0.05) is 92.7 Å². The molecule has 0 bridgehead atoms. The van der Waals surface area contributed by atoms with Crippen molar-refractivity contribution < 1.29 is 33.4 Å². The van der Waals surface area contributed by atoms with E-state index in [0.29, 0.717) is 43.3 Å². The number of benzene rings is 3. The first-order valence-corrected chi connectivity index (χ1v) is 23.3. The van der Waals surface area contributed by atoms with Crippen LogP contribution in [-0.4, -0.2) is 111 Å². The molecule has 6 atom stereocenters. The highest BCUT2D eigenvalue weighted by Crippen LogP contribution is 2.39. The number of carbonyl (C=O) groups excluding carboxylic acids is 4. The van der Waals surface area contributed by atoms with Gasteiger partial charge in [-0.3, -0.25) is 9.59 Å². The number of thioether (sulfide) groups is 1. The quantitative estimate of drug-likeness (QED) is 0.0845. The Morgan fingerprint density at radius 1 is 0.738 bits per heavy atom. The maximum Gasteiger partial charge on any atom is 0.408 e. The molecule has 4 N–H and O–H groups in total. The topological polar surface area (TPSA) is 184 Å². The number of alkyl carbamates (subject to hydrolysis) is 2. The third kappa shape index (κ3) is 11.0. The van der Waals surface area contributed by atoms with Crippen molar-refractivity contribution in [2.24, 2.45) is 11.8 Å². The average Bonchev–Trinajstić information content (AvgIpc) is 4.13. The molecule has 4 heterocycles. The normalized spacial score (nSPS) is 19.5. The number of aromatic nitrogens is 4. The maximum absolute atomic E-state index is 14.5. The van der Waals surface area contributed by atoms with E-state index in [4.69, 9.17) is 24.2 Å². The fourth-order valence-electron chi connectivity index (χ4n) is 8.65. The van der Waals surface area contributed by atoms with Gasteiger partial charge in [-0.25, -0.2) is 19.6 Å². The summed E-state index contributed by atoms with van der Waals surface area (Å²) in [6.07, 6.45) is 5.73. The van der Waals surface area contributed by atoms with Crippen molar-refractivity contribution in [2.45, 2.75) is 82.5 Å². The van der Waals surface area contributed by atoms with Crippen molar-refractivity contribution in [1.29, 1.82) is 0 Å². The number of amides is 4. The first kappa shape index (κ1) is 46.9. The minimum Gasteiger partial charge on any atom is -0.453 e. The zero-order chi connectivity index (χ0) is 46.4. The smallest absolute Gasteiger partial charge is 0.408 e. The van der Waals surface area contributed by atoms with Crippen LogP contribution in [0.2, 0.25) is 0 Å². The summed E-state index contributed by atoms with van der Waals surface area (Å²) in [5.74, 6) is 0.901. The van der Waals surface area contributed by atoms with Crippen LogP contribution in [0.1, 0.15) is 82.8 Å². The lowest BCUT2D eigenvalue weighted by atomic mass is 10.0. The van der Waals surface area contributed by atoms with Gasteiger partial charge in [-0.2, -0.15) is 11.8 Å². The molecule has 0 aliphatic carbocycles. The summed E-state index contributed by atoms with van der Waals surface area (Å²) in [6, 6.07) is 23.4. The Morgan fingerprint density at radius 2 is 1.28 bits per heavy atom. The third-order valence-electron chi connectivity index (χ3n) is 11.9. The van der Waals surface area contributed by atoms with E-state index in [-0.39, 0.29) is 41.0 Å². The fraction of sp³-hybridized carbons (Fsp3) is 0.429. The zero-order valence-electron chi connectivity index (χ0n) is 38.3. The van der Waals surface area contributed by atoms with E-state index >= 15 is 0 Å². The van der Waals surface area contributed by atoms with Gasteiger partial charge in [-0.05, 0) is 73.6 Å². The van der Waals surface area contributed by atoms with Crippen molar-refractivity contribution in [3.63, 3.8) is 0 Å². The van der Waals surface area contributed by atoms with Gasteiger partial charge in [-0.15, -0.1) is 0 Å². The lowest BCUT2D eigenvalue weighted by Crippen LogP contribution is -2.51. The van der Waals surface area contributed by atoms with Gasteiger partial charge in [0.25, 0.3) is 5.91 Å². The molecule has 0 spiro atoms. The standard InChI is InChI=1S/C49H60N8O7S/c1-29(2)41(54-47(60)63-7)45(58)57-27-36(65-8)23-40(57)44-51-25-38(53-44)34-20-16-32(17-21-34)31-14-18-33(19-15-31)37-24-50-43(52-37)39-22-30(28-62-6)26-56(39)46(59)42(35-12-10-9-11-13-35)55-48(61)64-49(3,4)5/h9-21,24-25,29-30,36,39-42H,22-23,26-28H2,1-8H3,(H,50,52)(H,51,53)(H,54,60)(H,55,61)/t30-,36-,39-,40-,41-,42+/m0/s1. The average molecular weight is 905 g/mol. The molecule has 344 valence electrons. The predicted molar refractivity (Wildman–Crippen MR) is 251 cm³/mol. The molecular weight excluding hydrogens is 845 g/mol. The van der Waals surface area contributed by atoms with Crippen molar-refractivity contribution in [3.05, 3.63) is 108 Å². The molecule has 65 heavy (non-hydrogen) atoms. The van der Waals surface area contributed by atoms with Crippen LogP contribution in [0.3, 0.4) is 0 Å². The van der Waals surface area contributed by atoms with Gasteiger partial charge in [0.2, 0.25) is 5.91 Å². The van der Waals surface area contributed by atoms with Gasteiger partial charge < -0.3 is 44.6 Å². The number of methoxy groups -OCH3 is 2. The Hall–Kier alpha value is -6.13. The Bertz CT molecular complexity index is 2410. The van der Waals surface area contributed by atoms with E-state index in [9.17, 15) is 19.2 Å². The number of nitrogens with zero attached hydrogens (tertiary/aromatic N) is 4. The molecule has 2 aliphatic heterocycles. The molecular formula is C49H60N8O7S. The molecule has 2 aromatic heterocycles. The molecule has 2 aliphatic rings. The second-order valence-electron chi connectivity index (χ2n) is 18.0. The van der Waals surface area contributed by atoms with E-state index in [1.54, 1.807) is 56.9 Å². The van der Waals surface area contributed by atoms with Gasteiger partial charge in [0, 0.05) is 31.4 Å². The van der Waals surface area contributed by atoms with Crippen LogP contribution in [0.15, 0.2) is 91.3 Å². The van der Waals surface area contributed by atoms with Crippen LogP contribution in [0.25, 0.3) is 33.6 Å². The second-order valence-corrected chi connectivity index (χ2v) is 19.2. The highest BCUT2D eigenvalue weighted by Gasteiger charge is 2.43. The zero-order valence-corrected chi connectivity index (χ0v) is 39.1. The molecule has 0 radical (unpaired) electrons. The molecule has 3 aromatic carbocycles. The third-order valence-corrected chi connectivity index (χ3v) is 12.9. The number of hydrogen-bond acceptors (Lipinski definition) is 10. The van der Waals surface area contributed by atoms with Gasteiger partial charge in [0.1, 0.15) is 29.3 Å². The largest absolute Gasteiger partial charge is 0.453 e. The van der Waals surface area contributed by atoms with Gasteiger partial charge in [0.05, 0.1) is 49.6 Å². The Morgan fingerprint density at radius 3 is 1.78 bits per heavy atom. The minimum atomic E-state index is -0.960. The first-order valence-electron chi connectivity index (χ1n) is 22.0. The fourth-order valence-corrected chi connectivity index (χ4v) is 9.33. The number of rotatable bonds is 14. The van der Waals surface area contributed by atoms with Crippen molar-refractivity contribution in [1.82, 2.24) is 40.4 Å². The van der Waals surface area contributed by atoms with Crippen LogP contribution in [-0.2, 0) is 23.8 Å². The van der Waals surface area contributed by atoms with Gasteiger partial charge >= 0.3 is 12.2 Å². The molecule has 16 heteroatoms. The number of H-pyrrole nitrogens is 2. The van der Waals surface area contributed by atoms with Crippen molar-refractivity contribution >= 4 is 35.8 Å². The first-order chi connectivity index (χ1) is 31.2. The number of likely N-dealkylation sites (tertiary alicyclic amines) is 2. The summed E-state index contributed by atoms with van der Waals surface area (Å²) in [4.78, 5) is 73.5. The highest BCUT2D eigenvalue weighted by molar-refractivity contribution is 7.99. The number of ether oxygens (including phenoxy) is 3. The predicted octanol–water partition coefficient (Wildman–Crippen LogP) is 8.32. The van der Waals surface area contributed by atoms with Crippen LogP contribution < -0.4 is 10.6 Å². The van der Waals surface area contributed by atoms with Crippen LogP contribution in [0, 0.1) is 11.8 Å². The van der Waals surface area contributed by atoms with E-state index < -0.39 is 29.9 Å². The van der Waals surface area contributed by atoms with Gasteiger partial charge in [0.15, 0.2) is 0 Å². The number of hydrogen-bond donors (Lipinski definition) is 4. The molecule has 0 saturated carbocycles. The second kappa shape index (κ2) is 20.4. The summed E-state index contributed by atoms with van der Waals surface area (Å²) in [5.41, 5.74) is 5.55. The number of nitrogens with one attached hydrogen (secondary N) is 4.